The van der Waals surface area contributed by atoms with Crippen LogP contribution < -0.4 is 15.6 Å². The number of carbonyl (C=O) groups excluding carboxylic acids is 1. The molecule has 220 valence electrons. The molecule has 3 rings (SSSR count). The Balaban J connectivity index is 1.67. The summed E-state index contributed by atoms with van der Waals surface area (Å²) in [6.45, 7) is 1.13. The highest BCUT2D eigenvalue weighted by atomic mass is 19.4. The molecule has 2 aromatic heterocycles. The molecule has 3 N–H and O–H groups in total. The lowest BCUT2D eigenvalue weighted by molar-refractivity contribution is -0.138. The zero-order valence-corrected chi connectivity index (χ0v) is 22.0. The number of nitrogens with zero attached hydrogens (tertiary/aromatic N) is 4. The number of aliphatic hydroxyl groups excluding tert-OH is 1. The predicted octanol–water partition coefficient (Wildman–Crippen LogP) is 3.70. The number of aromatic amines is 1. The Morgan fingerprint density at radius 2 is 1.90 bits per heavy atom. The largest absolute Gasteiger partial charge is 0.488 e. The monoisotopic (exact) mass is 582 g/mol. The molecule has 0 saturated carbocycles. The summed E-state index contributed by atoms with van der Waals surface area (Å²) in [5, 5.41) is 16.4. The normalized spacial score (nSPS) is 13.2. The summed E-state index contributed by atoms with van der Waals surface area (Å²) in [7, 11) is 1.54. The van der Waals surface area contributed by atoms with E-state index >= 15 is 0 Å². The van der Waals surface area contributed by atoms with Crippen molar-refractivity contribution < 1.29 is 36.6 Å². The molecule has 1 aromatic carbocycles. The lowest BCUT2D eigenvalue weighted by Gasteiger charge is -2.22. The SMILES string of the molecule is CC(CC(F)CN(C)/C=C\c1cc(-c2ncc(OCCO)cn2)c(F)cc1C=O)Nc1cn[nH]c(=O)c1C(F)(F)F. The zero-order valence-electron chi connectivity index (χ0n) is 22.0. The summed E-state index contributed by atoms with van der Waals surface area (Å²) in [6, 6.07) is 1.60. The molecule has 10 nitrogen and oxygen atoms in total. The van der Waals surface area contributed by atoms with E-state index in [1.54, 1.807) is 12.1 Å². The average molecular weight is 583 g/mol. The number of aliphatic hydroxyl groups is 1. The predicted molar refractivity (Wildman–Crippen MR) is 140 cm³/mol. The smallest absolute Gasteiger partial charge is 0.423 e. The summed E-state index contributed by atoms with van der Waals surface area (Å²) in [5.74, 6) is -0.445. The fourth-order valence-corrected chi connectivity index (χ4v) is 3.87. The van der Waals surface area contributed by atoms with Crippen molar-refractivity contribution >= 4 is 18.0 Å². The number of ether oxygens (including phenoxy) is 1. The fraction of sp³-hybridized carbons (Fsp3) is 0.346. The van der Waals surface area contributed by atoms with Gasteiger partial charge in [0.25, 0.3) is 5.56 Å². The maximum Gasteiger partial charge on any atom is 0.423 e. The van der Waals surface area contributed by atoms with Gasteiger partial charge in [-0.2, -0.15) is 18.3 Å². The van der Waals surface area contributed by atoms with Crippen LogP contribution in [0.15, 0.2) is 41.7 Å². The second-order valence-corrected chi connectivity index (χ2v) is 9.01. The molecule has 0 amide bonds. The quantitative estimate of drug-likeness (QED) is 0.204. The molecule has 0 bridgehead atoms. The van der Waals surface area contributed by atoms with E-state index < -0.39 is 41.0 Å². The van der Waals surface area contributed by atoms with E-state index in [1.165, 1.54) is 42.6 Å². The van der Waals surface area contributed by atoms with E-state index in [2.05, 4.69) is 20.4 Å². The minimum Gasteiger partial charge on any atom is -0.488 e. The maximum atomic E-state index is 14.8. The van der Waals surface area contributed by atoms with Crippen LogP contribution in [0, 0.1) is 5.82 Å². The molecule has 2 heterocycles. The van der Waals surface area contributed by atoms with Gasteiger partial charge in [0.15, 0.2) is 17.9 Å². The Hall–Kier alpha value is -4.40. The van der Waals surface area contributed by atoms with Gasteiger partial charge >= 0.3 is 6.18 Å². The molecule has 41 heavy (non-hydrogen) atoms. The first-order valence-corrected chi connectivity index (χ1v) is 12.2. The highest BCUT2D eigenvalue weighted by molar-refractivity contribution is 5.84. The van der Waals surface area contributed by atoms with E-state index in [4.69, 9.17) is 9.84 Å². The van der Waals surface area contributed by atoms with Gasteiger partial charge in [0.1, 0.15) is 24.2 Å². The van der Waals surface area contributed by atoms with Gasteiger partial charge in [-0.1, -0.05) is 0 Å². The minimum absolute atomic E-state index is 0.00217. The van der Waals surface area contributed by atoms with E-state index in [9.17, 15) is 31.5 Å². The van der Waals surface area contributed by atoms with Crippen LogP contribution in [0.3, 0.4) is 0 Å². The summed E-state index contributed by atoms with van der Waals surface area (Å²) >= 11 is 0. The fourth-order valence-electron chi connectivity index (χ4n) is 3.87. The van der Waals surface area contributed by atoms with Crippen molar-refractivity contribution in [2.45, 2.75) is 31.7 Å². The van der Waals surface area contributed by atoms with Crippen molar-refractivity contribution in [3.05, 3.63) is 69.8 Å². The number of benzene rings is 1. The van der Waals surface area contributed by atoms with Crippen LogP contribution in [0.25, 0.3) is 17.5 Å². The number of hydrogen-bond donors (Lipinski definition) is 3. The summed E-state index contributed by atoms with van der Waals surface area (Å²) in [6.07, 6.45) is 0.204. The number of H-pyrrole nitrogens is 1. The van der Waals surface area contributed by atoms with E-state index in [0.717, 1.165) is 12.3 Å². The summed E-state index contributed by atoms with van der Waals surface area (Å²) < 4.78 is 74.3. The molecular formula is C26H27F5N6O4. The molecule has 2 unspecified atom stereocenters. The molecule has 0 aliphatic carbocycles. The highest BCUT2D eigenvalue weighted by Crippen LogP contribution is 2.32. The molecule has 0 aliphatic heterocycles. The van der Waals surface area contributed by atoms with Gasteiger partial charge in [0.05, 0.1) is 36.4 Å². The maximum absolute atomic E-state index is 14.8. The lowest BCUT2D eigenvalue weighted by Crippen LogP contribution is -2.30. The standard InChI is InChI=1S/C26H27F5N6O4/c1-15(35-22-12-34-36-25(40)23(22)26(29,30)31)7-18(27)13-37(2)4-3-16-8-20(21(28)9-17(16)14-39)24-32-10-19(11-33-24)41-6-5-38/h3-4,8-12,14-15,18,38H,5-7,13H2,1-2H3,(H2,35,36,40)/b4-3-. The number of anilines is 1. The van der Waals surface area contributed by atoms with Gasteiger partial charge < -0.3 is 20.1 Å². The highest BCUT2D eigenvalue weighted by Gasteiger charge is 2.37. The number of alkyl halides is 4. The number of rotatable bonds is 13. The zero-order chi connectivity index (χ0) is 30.2. The Morgan fingerprint density at radius 3 is 2.54 bits per heavy atom. The molecule has 15 heteroatoms. The van der Waals surface area contributed by atoms with Crippen LogP contribution in [-0.2, 0) is 6.18 Å². The van der Waals surface area contributed by atoms with Crippen molar-refractivity contribution in [2.75, 3.05) is 32.1 Å². The van der Waals surface area contributed by atoms with Crippen molar-refractivity contribution in [3.63, 3.8) is 0 Å². The van der Waals surface area contributed by atoms with E-state index in [0.29, 0.717) is 11.8 Å². The van der Waals surface area contributed by atoms with Gasteiger partial charge in [-0.25, -0.2) is 23.8 Å². The minimum atomic E-state index is -4.93. The number of hydrogen-bond acceptors (Lipinski definition) is 9. The first-order valence-electron chi connectivity index (χ1n) is 12.2. The van der Waals surface area contributed by atoms with Crippen molar-refractivity contribution in [3.8, 4) is 17.1 Å². The third kappa shape index (κ3) is 8.54. The molecule has 0 spiro atoms. The third-order valence-electron chi connectivity index (χ3n) is 5.67. The van der Waals surface area contributed by atoms with E-state index in [-0.39, 0.29) is 48.9 Å². The number of aromatic nitrogens is 4. The summed E-state index contributed by atoms with van der Waals surface area (Å²) in [5.41, 5.74) is -3.08. The van der Waals surface area contributed by atoms with Crippen LogP contribution in [0.1, 0.15) is 34.8 Å². The first-order chi connectivity index (χ1) is 19.4. The molecule has 0 saturated heterocycles. The van der Waals surface area contributed by atoms with Crippen LogP contribution in [0.2, 0.25) is 0 Å². The van der Waals surface area contributed by atoms with Crippen LogP contribution in [0.5, 0.6) is 5.75 Å². The molecule has 0 aliphatic rings. The Labute approximate surface area is 230 Å². The number of aldehydes is 1. The molecule has 0 fully saturated rings. The van der Waals surface area contributed by atoms with Gasteiger partial charge in [0, 0.05) is 31.6 Å². The average Bonchev–Trinajstić information content (AvgIpc) is 2.90. The van der Waals surface area contributed by atoms with Gasteiger partial charge in [0.2, 0.25) is 0 Å². The van der Waals surface area contributed by atoms with Crippen LogP contribution in [-0.4, -0.2) is 75.5 Å². The van der Waals surface area contributed by atoms with Crippen molar-refractivity contribution in [1.29, 1.82) is 0 Å². The molecule has 0 radical (unpaired) electrons. The number of carbonyl (C=O) groups is 1. The van der Waals surface area contributed by atoms with E-state index in [1.807, 2.05) is 0 Å². The Bertz CT molecular complexity index is 1410. The lowest BCUT2D eigenvalue weighted by atomic mass is 10.0. The topological polar surface area (TPSA) is 133 Å². The third-order valence-corrected chi connectivity index (χ3v) is 5.67. The summed E-state index contributed by atoms with van der Waals surface area (Å²) in [4.78, 5) is 32.7. The molecule has 2 atom stereocenters. The number of nitrogens with one attached hydrogen (secondary N) is 2. The second kappa shape index (κ2) is 13.8. The first kappa shape index (κ1) is 31.1. The molecular weight excluding hydrogens is 555 g/mol. The Kier molecular flexibility index (Phi) is 10.5. The second-order valence-electron chi connectivity index (χ2n) is 9.01. The number of halogens is 5. The molecule has 3 aromatic rings. The van der Waals surface area contributed by atoms with Gasteiger partial charge in [-0.05, 0) is 36.9 Å². The van der Waals surface area contributed by atoms with Crippen LogP contribution in [0.4, 0.5) is 27.6 Å². The van der Waals surface area contributed by atoms with Crippen LogP contribution >= 0.6 is 0 Å². The van der Waals surface area contributed by atoms with Gasteiger partial charge in [-0.15, -0.1) is 0 Å². The van der Waals surface area contributed by atoms with Gasteiger partial charge in [-0.3, -0.25) is 9.59 Å². The van der Waals surface area contributed by atoms with Crippen molar-refractivity contribution in [2.24, 2.45) is 0 Å². The Morgan fingerprint density at radius 1 is 1.20 bits per heavy atom. The van der Waals surface area contributed by atoms with Crippen molar-refractivity contribution in [1.82, 2.24) is 25.1 Å².